The molecule has 0 aromatic heterocycles. The highest BCUT2D eigenvalue weighted by molar-refractivity contribution is 5.76. The molecule has 0 amide bonds. The molecule has 0 aliphatic carbocycles. The summed E-state index contributed by atoms with van der Waals surface area (Å²) in [5, 5.41) is 8.62. The first-order chi connectivity index (χ1) is 7.15. The Kier molecular flexibility index (Phi) is 2.41. The summed E-state index contributed by atoms with van der Waals surface area (Å²) in [6.45, 7) is 0. The van der Waals surface area contributed by atoms with Gasteiger partial charge >= 0.3 is 11.9 Å². The maximum Gasteiger partial charge on any atom is 0.311 e. The van der Waals surface area contributed by atoms with E-state index in [1.54, 1.807) is 12.1 Å². The van der Waals surface area contributed by atoms with Crippen LogP contribution in [0.15, 0.2) is 18.2 Å². The zero-order valence-electron chi connectivity index (χ0n) is 8.03. The Morgan fingerprint density at radius 3 is 2.93 bits per heavy atom. The average Bonchev–Trinajstić information content (AvgIpc) is 2.16. The van der Waals surface area contributed by atoms with Gasteiger partial charge in [-0.05, 0) is 23.6 Å². The molecule has 0 unspecified atom stereocenters. The Hall–Kier alpha value is -1.84. The number of carboxylic acid groups (broad SMARTS) is 1. The number of rotatable bonds is 2. The van der Waals surface area contributed by atoms with Crippen LogP contribution >= 0.6 is 0 Å². The molecular weight excluding hydrogens is 196 g/mol. The van der Waals surface area contributed by atoms with E-state index in [0.717, 1.165) is 5.56 Å². The summed E-state index contributed by atoms with van der Waals surface area (Å²) in [7, 11) is 0. The van der Waals surface area contributed by atoms with E-state index in [9.17, 15) is 9.59 Å². The van der Waals surface area contributed by atoms with Gasteiger partial charge in [0.1, 0.15) is 5.75 Å². The van der Waals surface area contributed by atoms with Gasteiger partial charge in [0.05, 0.1) is 12.8 Å². The molecule has 0 saturated heterocycles. The van der Waals surface area contributed by atoms with Crippen molar-refractivity contribution in [2.45, 2.75) is 19.3 Å². The van der Waals surface area contributed by atoms with Gasteiger partial charge in [0, 0.05) is 0 Å². The van der Waals surface area contributed by atoms with Gasteiger partial charge in [-0.15, -0.1) is 0 Å². The molecule has 1 aliphatic rings. The fraction of sp³-hybridized carbons (Fsp3) is 0.273. The first kappa shape index (κ1) is 9.71. The fourth-order valence-electron chi connectivity index (χ4n) is 1.60. The van der Waals surface area contributed by atoms with Crippen LogP contribution in [0.25, 0.3) is 0 Å². The summed E-state index contributed by atoms with van der Waals surface area (Å²) < 4.78 is 5.02. The zero-order valence-corrected chi connectivity index (χ0v) is 8.03. The van der Waals surface area contributed by atoms with Crippen molar-refractivity contribution in [1.29, 1.82) is 0 Å². The molecule has 0 spiro atoms. The molecule has 78 valence electrons. The van der Waals surface area contributed by atoms with Crippen molar-refractivity contribution in [3.8, 4) is 5.75 Å². The molecule has 0 atom stereocenters. The van der Waals surface area contributed by atoms with E-state index in [4.69, 9.17) is 9.84 Å². The lowest BCUT2D eigenvalue weighted by atomic mass is 10.0. The predicted molar refractivity (Wildman–Crippen MR) is 51.7 cm³/mol. The number of esters is 1. The number of aliphatic carboxylic acids is 1. The molecular formula is C11H10O4. The normalized spacial score (nSPS) is 14.3. The summed E-state index contributed by atoms with van der Waals surface area (Å²) in [6.07, 6.45) is 1.01. The molecule has 1 heterocycles. The third-order valence-corrected chi connectivity index (χ3v) is 2.31. The molecule has 0 fully saturated rings. The van der Waals surface area contributed by atoms with Gasteiger partial charge in [-0.3, -0.25) is 9.59 Å². The van der Waals surface area contributed by atoms with Gasteiger partial charge in [-0.1, -0.05) is 12.1 Å². The van der Waals surface area contributed by atoms with E-state index in [1.165, 1.54) is 0 Å². The molecule has 4 heteroatoms. The van der Waals surface area contributed by atoms with Crippen LogP contribution in [0.1, 0.15) is 17.5 Å². The third kappa shape index (κ3) is 2.15. The van der Waals surface area contributed by atoms with Gasteiger partial charge in [-0.25, -0.2) is 0 Å². The predicted octanol–water partition coefficient (Wildman–Crippen LogP) is 1.17. The summed E-state index contributed by atoms with van der Waals surface area (Å²) in [5.74, 6) is -0.642. The third-order valence-electron chi connectivity index (χ3n) is 2.31. The largest absolute Gasteiger partial charge is 0.481 e. The van der Waals surface area contributed by atoms with Crippen LogP contribution in [0.5, 0.6) is 5.75 Å². The Balaban J connectivity index is 2.28. The molecule has 0 saturated carbocycles. The topological polar surface area (TPSA) is 63.6 Å². The van der Waals surface area contributed by atoms with Crippen molar-refractivity contribution in [1.82, 2.24) is 0 Å². The monoisotopic (exact) mass is 206 g/mol. The van der Waals surface area contributed by atoms with E-state index in [-0.39, 0.29) is 12.4 Å². The summed E-state index contributed by atoms with van der Waals surface area (Å²) in [6, 6.07) is 5.20. The number of fused-ring (bicyclic) bond motifs is 1. The van der Waals surface area contributed by atoms with Crippen LogP contribution in [-0.4, -0.2) is 17.0 Å². The molecule has 0 bridgehead atoms. The Labute approximate surface area is 86.5 Å². The van der Waals surface area contributed by atoms with Crippen LogP contribution in [0.2, 0.25) is 0 Å². The Bertz CT molecular complexity index is 423. The number of hydrogen-bond donors (Lipinski definition) is 1. The molecule has 2 rings (SSSR count). The van der Waals surface area contributed by atoms with Crippen LogP contribution in [-0.2, 0) is 22.4 Å². The average molecular weight is 206 g/mol. The van der Waals surface area contributed by atoms with E-state index in [0.29, 0.717) is 24.2 Å². The second-order valence-corrected chi connectivity index (χ2v) is 3.49. The first-order valence-corrected chi connectivity index (χ1v) is 4.69. The number of carbonyl (C=O) groups excluding carboxylic acids is 1. The van der Waals surface area contributed by atoms with Gasteiger partial charge in [0.25, 0.3) is 0 Å². The molecule has 0 radical (unpaired) electrons. The summed E-state index contributed by atoms with van der Waals surface area (Å²) in [5.41, 5.74) is 1.61. The number of hydrogen-bond acceptors (Lipinski definition) is 3. The Morgan fingerprint density at radius 1 is 1.40 bits per heavy atom. The zero-order chi connectivity index (χ0) is 10.8. The van der Waals surface area contributed by atoms with Crippen molar-refractivity contribution in [3.05, 3.63) is 29.3 Å². The minimum atomic E-state index is -0.892. The summed E-state index contributed by atoms with van der Waals surface area (Å²) in [4.78, 5) is 21.5. The van der Waals surface area contributed by atoms with E-state index in [2.05, 4.69) is 0 Å². The minimum absolute atomic E-state index is 0.0508. The lowest BCUT2D eigenvalue weighted by Gasteiger charge is -2.15. The molecule has 1 N–H and O–H groups in total. The highest BCUT2D eigenvalue weighted by atomic mass is 16.5. The second kappa shape index (κ2) is 3.73. The number of aryl methyl sites for hydroxylation is 1. The van der Waals surface area contributed by atoms with Gasteiger partial charge in [-0.2, -0.15) is 0 Å². The smallest absolute Gasteiger partial charge is 0.311 e. The second-order valence-electron chi connectivity index (χ2n) is 3.49. The van der Waals surface area contributed by atoms with Crippen LogP contribution < -0.4 is 4.74 Å². The number of benzene rings is 1. The lowest BCUT2D eigenvalue weighted by Crippen LogP contribution is -2.16. The van der Waals surface area contributed by atoms with Crippen molar-refractivity contribution in [2.24, 2.45) is 0 Å². The van der Waals surface area contributed by atoms with Crippen molar-refractivity contribution in [3.63, 3.8) is 0 Å². The van der Waals surface area contributed by atoms with Crippen molar-refractivity contribution < 1.29 is 19.4 Å². The van der Waals surface area contributed by atoms with Crippen molar-refractivity contribution >= 4 is 11.9 Å². The van der Waals surface area contributed by atoms with Crippen LogP contribution in [0.4, 0.5) is 0 Å². The van der Waals surface area contributed by atoms with E-state index >= 15 is 0 Å². The Morgan fingerprint density at radius 2 is 2.20 bits per heavy atom. The standard InChI is InChI=1S/C11H10O4/c12-10(13)6-7-1-2-8-3-4-11(14)15-9(8)5-7/h1-2,5H,3-4,6H2,(H,12,13). The quantitative estimate of drug-likeness (QED) is 0.582. The number of carboxylic acids is 1. The fourth-order valence-corrected chi connectivity index (χ4v) is 1.60. The summed E-state index contributed by atoms with van der Waals surface area (Å²) >= 11 is 0. The number of carbonyl (C=O) groups is 2. The molecule has 1 aromatic carbocycles. The highest BCUT2D eigenvalue weighted by Crippen LogP contribution is 2.26. The minimum Gasteiger partial charge on any atom is -0.481 e. The van der Waals surface area contributed by atoms with Crippen LogP contribution in [0.3, 0.4) is 0 Å². The van der Waals surface area contributed by atoms with Gasteiger partial charge in [0.15, 0.2) is 0 Å². The number of ether oxygens (including phenoxy) is 1. The molecule has 1 aromatic rings. The lowest BCUT2D eigenvalue weighted by molar-refractivity contribution is -0.136. The molecule has 15 heavy (non-hydrogen) atoms. The first-order valence-electron chi connectivity index (χ1n) is 4.69. The van der Waals surface area contributed by atoms with Crippen LogP contribution in [0, 0.1) is 0 Å². The van der Waals surface area contributed by atoms with E-state index in [1.807, 2.05) is 6.07 Å². The van der Waals surface area contributed by atoms with Crippen molar-refractivity contribution in [2.75, 3.05) is 0 Å². The molecule has 4 nitrogen and oxygen atoms in total. The van der Waals surface area contributed by atoms with Gasteiger partial charge in [0.2, 0.25) is 0 Å². The van der Waals surface area contributed by atoms with E-state index < -0.39 is 5.97 Å². The maximum atomic E-state index is 11.0. The SMILES string of the molecule is O=C(O)Cc1ccc2c(c1)OC(=O)CC2. The maximum absolute atomic E-state index is 11.0. The molecule has 1 aliphatic heterocycles. The highest BCUT2D eigenvalue weighted by Gasteiger charge is 2.17. The van der Waals surface area contributed by atoms with Gasteiger partial charge < -0.3 is 9.84 Å².